The van der Waals surface area contributed by atoms with Crippen LogP contribution in [-0.4, -0.2) is 22.1 Å². The first-order valence-corrected chi connectivity index (χ1v) is 3.25. The van der Waals surface area contributed by atoms with Crippen LogP contribution >= 0.6 is 0 Å². The summed E-state index contributed by atoms with van der Waals surface area (Å²) in [5.41, 5.74) is 0.615. The third-order valence-corrected chi connectivity index (χ3v) is 1.45. The summed E-state index contributed by atoms with van der Waals surface area (Å²) < 4.78 is 1.42. The van der Waals surface area contributed by atoms with Gasteiger partial charge in [0.1, 0.15) is 5.69 Å². The van der Waals surface area contributed by atoms with E-state index in [2.05, 4.69) is 5.32 Å². The highest BCUT2D eigenvalue weighted by Crippen LogP contribution is 2.11. The molecule has 1 aromatic rings. The van der Waals surface area contributed by atoms with E-state index in [0.717, 1.165) is 0 Å². The Labute approximate surface area is 68.6 Å². The molecule has 5 nitrogen and oxygen atoms in total. The van der Waals surface area contributed by atoms with Gasteiger partial charge in [-0.25, -0.2) is 4.79 Å². The van der Waals surface area contributed by atoms with E-state index in [4.69, 9.17) is 5.11 Å². The summed E-state index contributed by atoms with van der Waals surface area (Å²) in [6.07, 6.45) is 2.03. The van der Waals surface area contributed by atoms with Crippen molar-refractivity contribution in [3.05, 3.63) is 18.0 Å². The van der Waals surface area contributed by atoms with Gasteiger partial charge in [-0.15, -0.1) is 0 Å². The zero-order valence-electron chi connectivity index (χ0n) is 6.44. The lowest BCUT2D eigenvalue weighted by molar-refractivity contribution is -0.105. The van der Waals surface area contributed by atoms with Gasteiger partial charge in [-0.05, 0) is 6.07 Å². The standard InChI is InChI=1S/C7H8N2O3/c1-9-3-5(8-4-10)2-6(9)7(11)12/h2-4H,1H3,(H,8,10)(H,11,12). The van der Waals surface area contributed by atoms with Crippen LogP contribution in [0.3, 0.4) is 0 Å². The number of hydrogen-bond acceptors (Lipinski definition) is 2. The van der Waals surface area contributed by atoms with Gasteiger partial charge in [-0.1, -0.05) is 0 Å². The molecule has 12 heavy (non-hydrogen) atoms. The Balaban J connectivity index is 2.99. The van der Waals surface area contributed by atoms with Crippen LogP contribution in [0.4, 0.5) is 5.69 Å². The van der Waals surface area contributed by atoms with Crippen LogP contribution < -0.4 is 5.32 Å². The third kappa shape index (κ3) is 1.45. The van der Waals surface area contributed by atoms with Crippen molar-refractivity contribution < 1.29 is 14.7 Å². The van der Waals surface area contributed by atoms with Crippen molar-refractivity contribution in [2.24, 2.45) is 7.05 Å². The summed E-state index contributed by atoms with van der Waals surface area (Å²) in [5, 5.41) is 11.0. The van der Waals surface area contributed by atoms with Crippen LogP contribution in [0.5, 0.6) is 0 Å². The van der Waals surface area contributed by atoms with Gasteiger partial charge >= 0.3 is 5.97 Å². The van der Waals surface area contributed by atoms with E-state index in [0.29, 0.717) is 12.1 Å². The molecule has 1 amide bonds. The number of anilines is 1. The molecular formula is C7H8N2O3. The number of hydrogen-bond donors (Lipinski definition) is 2. The fraction of sp³-hybridized carbons (Fsp3) is 0.143. The Morgan fingerprint density at radius 3 is 2.83 bits per heavy atom. The molecule has 1 rings (SSSR count). The molecule has 0 aliphatic rings. The molecule has 2 N–H and O–H groups in total. The second-order valence-electron chi connectivity index (χ2n) is 2.29. The number of carboxylic acids is 1. The number of nitrogens with zero attached hydrogens (tertiary/aromatic N) is 1. The van der Waals surface area contributed by atoms with Crippen LogP contribution in [-0.2, 0) is 11.8 Å². The molecule has 0 atom stereocenters. The third-order valence-electron chi connectivity index (χ3n) is 1.45. The molecule has 0 aliphatic heterocycles. The topological polar surface area (TPSA) is 71.3 Å². The van der Waals surface area contributed by atoms with Gasteiger partial charge in [-0.2, -0.15) is 0 Å². The number of amides is 1. The first kappa shape index (κ1) is 8.32. The monoisotopic (exact) mass is 168 g/mol. The summed E-state index contributed by atoms with van der Waals surface area (Å²) in [6.45, 7) is 0. The molecule has 0 saturated heterocycles. The van der Waals surface area contributed by atoms with Crippen molar-refractivity contribution in [3.8, 4) is 0 Å². The number of carbonyl (C=O) groups excluding carboxylic acids is 1. The average molecular weight is 168 g/mol. The van der Waals surface area contributed by atoms with Crippen molar-refractivity contribution in [1.82, 2.24) is 4.57 Å². The first-order valence-electron chi connectivity index (χ1n) is 3.25. The van der Waals surface area contributed by atoms with Crippen molar-refractivity contribution in [2.45, 2.75) is 0 Å². The number of carboxylic acid groups (broad SMARTS) is 1. The van der Waals surface area contributed by atoms with Gasteiger partial charge in [0.25, 0.3) is 0 Å². The van der Waals surface area contributed by atoms with E-state index in [-0.39, 0.29) is 5.69 Å². The lowest BCUT2D eigenvalue weighted by atomic mass is 10.4. The molecule has 0 aliphatic carbocycles. The fourth-order valence-corrected chi connectivity index (χ4v) is 0.924. The highest BCUT2D eigenvalue weighted by atomic mass is 16.4. The normalized spacial score (nSPS) is 9.42. The number of aromatic nitrogens is 1. The summed E-state index contributed by atoms with van der Waals surface area (Å²) >= 11 is 0. The number of aryl methyl sites for hydroxylation is 1. The summed E-state index contributed by atoms with van der Waals surface area (Å²) in [5.74, 6) is -1.02. The maximum atomic E-state index is 10.5. The molecular weight excluding hydrogens is 160 g/mol. The predicted octanol–water partition coefficient (Wildman–Crippen LogP) is 0.292. The molecule has 1 heterocycles. The van der Waals surface area contributed by atoms with Gasteiger partial charge in [0.2, 0.25) is 6.41 Å². The zero-order valence-corrected chi connectivity index (χ0v) is 6.44. The van der Waals surface area contributed by atoms with E-state index in [9.17, 15) is 9.59 Å². The summed E-state index contributed by atoms with van der Waals surface area (Å²) in [4.78, 5) is 20.5. The molecule has 64 valence electrons. The maximum absolute atomic E-state index is 10.5. The molecule has 0 aromatic carbocycles. The predicted molar refractivity (Wildman–Crippen MR) is 42.1 cm³/mol. The number of rotatable bonds is 3. The molecule has 0 fully saturated rings. The van der Waals surface area contributed by atoms with Gasteiger partial charge in [0.05, 0.1) is 5.69 Å². The minimum Gasteiger partial charge on any atom is -0.477 e. The molecule has 0 bridgehead atoms. The Morgan fingerprint density at radius 1 is 1.75 bits per heavy atom. The van der Waals surface area contributed by atoms with E-state index < -0.39 is 5.97 Å². The summed E-state index contributed by atoms with van der Waals surface area (Å²) in [7, 11) is 1.60. The minimum absolute atomic E-state index is 0.138. The maximum Gasteiger partial charge on any atom is 0.352 e. The highest BCUT2D eigenvalue weighted by molar-refractivity contribution is 5.88. The molecule has 0 spiro atoms. The minimum atomic E-state index is -1.02. The van der Waals surface area contributed by atoms with Gasteiger partial charge in [-0.3, -0.25) is 4.79 Å². The largest absolute Gasteiger partial charge is 0.477 e. The fourth-order valence-electron chi connectivity index (χ4n) is 0.924. The number of nitrogens with one attached hydrogen (secondary N) is 1. The average Bonchev–Trinajstić information content (AvgIpc) is 2.32. The highest BCUT2D eigenvalue weighted by Gasteiger charge is 2.08. The van der Waals surface area contributed by atoms with Gasteiger partial charge in [0, 0.05) is 13.2 Å². The summed E-state index contributed by atoms with van der Waals surface area (Å²) in [6, 6.07) is 1.39. The van der Waals surface area contributed by atoms with E-state index in [1.165, 1.54) is 16.8 Å². The number of carbonyl (C=O) groups is 2. The molecule has 5 heteroatoms. The van der Waals surface area contributed by atoms with Crippen molar-refractivity contribution in [1.29, 1.82) is 0 Å². The first-order chi connectivity index (χ1) is 5.65. The van der Waals surface area contributed by atoms with Gasteiger partial charge < -0.3 is 15.0 Å². The van der Waals surface area contributed by atoms with E-state index >= 15 is 0 Å². The lowest BCUT2D eigenvalue weighted by Gasteiger charge is -1.92. The van der Waals surface area contributed by atoms with E-state index in [1.807, 2.05) is 0 Å². The van der Waals surface area contributed by atoms with E-state index in [1.54, 1.807) is 7.05 Å². The molecule has 0 saturated carbocycles. The van der Waals surface area contributed by atoms with Crippen LogP contribution in [0.1, 0.15) is 10.5 Å². The van der Waals surface area contributed by atoms with Crippen LogP contribution in [0, 0.1) is 0 Å². The Kier molecular flexibility index (Phi) is 2.14. The van der Waals surface area contributed by atoms with Crippen LogP contribution in [0.15, 0.2) is 12.3 Å². The molecule has 0 unspecified atom stereocenters. The van der Waals surface area contributed by atoms with Crippen molar-refractivity contribution >= 4 is 18.1 Å². The number of aromatic carboxylic acids is 1. The van der Waals surface area contributed by atoms with Crippen molar-refractivity contribution in [2.75, 3.05) is 5.32 Å². The Morgan fingerprint density at radius 2 is 2.42 bits per heavy atom. The Hall–Kier alpha value is -1.78. The van der Waals surface area contributed by atoms with Crippen molar-refractivity contribution in [3.63, 3.8) is 0 Å². The lowest BCUT2D eigenvalue weighted by Crippen LogP contribution is -2.02. The van der Waals surface area contributed by atoms with Gasteiger partial charge in [0.15, 0.2) is 0 Å². The Bertz CT molecular complexity index is 316. The quantitative estimate of drug-likeness (QED) is 0.637. The van der Waals surface area contributed by atoms with Crippen LogP contribution in [0.2, 0.25) is 0 Å². The zero-order chi connectivity index (χ0) is 9.14. The molecule has 0 radical (unpaired) electrons. The molecule has 1 aromatic heterocycles. The SMILES string of the molecule is Cn1cc(NC=O)cc1C(=O)O. The second kappa shape index (κ2) is 3.08. The smallest absolute Gasteiger partial charge is 0.352 e. The second-order valence-corrected chi connectivity index (χ2v) is 2.29. The van der Waals surface area contributed by atoms with Crippen LogP contribution in [0.25, 0.3) is 0 Å².